The SMILES string of the molecule is CC[C@]1(c2ccccc2)O[C@@H](Sc2ccccc2)[C@](CC)(c2ccccc2)C1=O. The van der Waals surface area contributed by atoms with Gasteiger partial charge in [-0.2, -0.15) is 0 Å². The third-order valence-electron chi connectivity index (χ3n) is 6.05. The van der Waals surface area contributed by atoms with Crippen LogP contribution < -0.4 is 0 Å². The van der Waals surface area contributed by atoms with Crippen LogP contribution in [0.3, 0.4) is 0 Å². The van der Waals surface area contributed by atoms with Crippen LogP contribution in [0, 0.1) is 0 Å². The van der Waals surface area contributed by atoms with Crippen LogP contribution in [0.2, 0.25) is 0 Å². The molecule has 29 heavy (non-hydrogen) atoms. The molecule has 0 bridgehead atoms. The molecule has 1 aliphatic heterocycles. The molecule has 2 nitrogen and oxygen atoms in total. The Balaban J connectivity index is 1.88. The van der Waals surface area contributed by atoms with Crippen LogP contribution in [0.1, 0.15) is 37.8 Å². The standard InChI is InChI=1S/C26H26O2S/c1-3-25(20-14-8-5-9-15-20)23(27)26(4-2,21-16-10-6-11-17-21)28-24(25)29-22-18-12-7-13-19-22/h5-19,24H,3-4H2,1-2H3/t24-,25+,26+/m0/s1. The molecule has 0 aromatic heterocycles. The van der Waals surface area contributed by atoms with Gasteiger partial charge in [-0.15, -0.1) is 0 Å². The summed E-state index contributed by atoms with van der Waals surface area (Å²) in [4.78, 5) is 15.4. The highest BCUT2D eigenvalue weighted by Crippen LogP contribution is 2.55. The summed E-state index contributed by atoms with van der Waals surface area (Å²) in [6.07, 6.45) is 1.30. The quantitative estimate of drug-likeness (QED) is 0.480. The van der Waals surface area contributed by atoms with Crippen molar-refractivity contribution in [3.63, 3.8) is 0 Å². The summed E-state index contributed by atoms with van der Waals surface area (Å²) in [5, 5.41) is 0. The Morgan fingerprint density at radius 3 is 1.79 bits per heavy atom. The molecule has 0 aliphatic carbocycles. The van der Waals surface area contributed by atoms with E-state index in [0.29, 0.717) is 12.8 Å². The summed E-state index contributed by atoms with van der Waals surface area (Å²) in [6, 6.07) is 30.4. The fourth-order valence-electron chi connectivity index (χ4n) is 4.44. The highest BCUT2D eigenvalue weighted by molar-refractivity contribution is 8.00. The average Bonchev–Trinajstić information content (AvgIpc) is 3.04. The van der Waals surface area contributed by atoms with Gasteiger partial charge in [-0.3, -0.25) is 4.79 Å². The number of hydrogen-bond acceptors (Lipinski definition) is 3. The molecule has 3 aromatic rings. The Hall–Kier alpha value is -2.36. The lowest BCUT2D eigenvalue weighted by molar-refractivity contribution is -0.135. The molecule has 0 amide bonds. The van der Waals surface area contributed by atoms with Crippen molar-refractivity contribution < 1.29 is 9.53 Å². The van der Waals surface area contributed by atoms with Crippen molar-refractivity contribution in [2.45, 2.75) is 48.0 Å². The van der Waals surface area contributed by atoms with E-state index in [4.69, 9.17) is 4.74 Å². The van der Waals surface area contributed by atoms with Gasteiger partial charge in [-0.25, -0.2) is 0 Å². The number of thioether (sulfide) groups is 1. The maximum absolute atomic E-state index is 14.3. The Labute approximate surface area is 177 Å². The highest BCUT2D eigenvalue weighted by atomic mass is 32.2. The summed E-state index contributed by atoms with van der Waals surface area (Å²) in [7, 11) is 0. The molecule has 1 fully saturated rings. The predicted molar refractivity (Wildman–Crippen MR) is 119 cm³/mol. The van der Waals surface area contributed by atoms with E-state index in [1.165, 1.54) is 0 Å². The number of rotatable bonds is 6. The number of carbonyl (C=O) groups is 1. The van der Waals surface area contributed by atoms with Gasteiger partial charge in [0.05, 0.1) is 5.41 Å². The molecule has 1 saturated heterocycles. The zero-order valence-corrected chi connectivity index (χ0v) is 17.7. The molecular formula is C26H26O2S. The molecule has 3 heteroatoms. The van der Waals surface area contributed by atoms with Gasteiger partial charge in [0.2, 0.25) is 0 Å². The van der Waals surface area contributed by atoms with Gasteiger partial charge in [-0.1, -0.05) is 104 Å². The number of hydrogen-bond donors (Lipinski definition) is 0. The average molecular weight is 403 g/mol. The first-order valence-electron chi connectivity index (χ1n) is 10.2. The van der Waals surface area contributed by atoms with E-state index in [1.807, 2.05) is 73.7 Å². The summed E-state index contributed by atoms with van der Waals surface area (Å²) in [5.74, 6) is 0.167. The maximum atomic E-state index is 14.3. The monoisotopic (exact) mass is 402 g/mol. The van der Waals surface area contributed by atoms with Gasteiger partial charge in [0, 0.05) is 4.90 Å². The van der Waals surface area contributed by atoms with E-state index >= 15 is 0 Å². The second-order valence-corrected chi connectivity index (χ2v) is 8.58. The van der Waals surface area contributed by atoms with Crippen molar-refractivity contribution in [3.05, 3.63) is 102 Å². The fourth-order valence-corrected chi connectivity index (χ4v) is 5.82. The predicted octanol–water partition coefficient (Wildman–Crippen LogP) is 6.36. The number of ether oxygens (including phenoxy) is 1. The van der Waals surface area contributed by atoms with Gasteiger partial charge < -0.3 is 4.74 Å². The zero-order chi connectivity index (χ0) is 20.3. The van der Waals surface area contributed by atoms with Gasteiger partial charge in [0.1, 0.15) is 5.44 Å². The molecule has 0 saturated carbocycles. The Bertz CT molecular complexity index is 958. The van der Waals surface area contributed by atoms with Crippen molar-refractivity contribution in [1.82, 2.24) is 0 Å². The Morgan fingerprint density at radius 1 is 0.759 bits per heavy atom. The van der Waals surface area contributed by atoms with E-state index in [2.05, 4.69) is 31.2 Å². The van der Waals surface area contributed by atoms with E-state index in [0.717, 1.165) is 16.0 Å². The Morgan fingerprint density at radius 2 is 1.28 bits per heavy atom. The number of ketones is 1. The lowest BCUT2D eigenvalue weighted by Crippen LogP contribution is -2.43. The molecule has 4 rings (SSSR count). The lowest BCUT2D eigenvalue weighted by atomic mass is 9.70. The largest absolute Gasteiger partial charge is 0.347 e. The first kappa shape index (κ1) is 19.9. The van der Waals surface area contributed by atoms with Gasteiger partial charge in [0.15, 0.2) is 11.4 Å². The van der Waals surface area contributed by atoms with Crippen molar-refractivity contribution >= 4 is 17.5 Å². The van der Waals surface area contributed by atoms with Crippen LogP contribution in [-0.2, 0) is 20.5 Å². The van der Waals surface area contributed by atoms with Crippen LogP contribution in [0.15, 0.2) is 95.9 Å². The minimum Gasteiger partial charge on any atom is -0.347 e. The van der Waals surface area contributed by atoms with Crippen molar-refractivity contribution in [2.75, 3.05) is 0 Å². The number of Topliss-reactive ketones (excluding diaryl/α,β-unsaturated/α-hetero) is 1. The molecule has 0 unspecified atom stereocenters. The summed E-state index contributed by atoms with van der Waals surface area (Å²) in [5.41, 5.74) is 0.0438. The molecule has 0 spiro atoms. The van der Waals surface area contributed by atoms with Crippen LogP contribution >= 0.6 is 11.8 Å². The normalized spacial score (nSPS) is 26.6. The molecular weight excluding hydrogens is 376 g/mol. The minimum absolute atomic E-state index is 0.167. The molecule has 148 valence electrons. The van der Waals surface area contributed by atoms with Gasteiger partial charge in [0.25, 0.3) is 0 Å². The number of carbonyl (C=O) groups excluding carboxylic acids is 1. The smallest absolute Gasteiger partial charge is 0.183 e. The zero-order valence-electron chi connectivity index (χ0n) is 16.9. The van der Waals surface area contributed by atoms with Crippen LogP contribution in [0.25, 0.3) is 0 Å². The molecule has 3 atom stereocenters. The molecule has 1 aliphatic rings. The number of benzene rings is 3. The maximum Gasteiger partial charge on any atom is 0.183 e. The van der Waals surface area contributed by atoms with Crippen molar-refractivity contribution in [1.29, 1.82) is 0 Å². The lowest BCUT2D eigenvalue weighted by Gasteiger charge is -2.32. The summed E-state index contributed by atoms with van der Waals surface area (Å²) >= 11 is 1.65. The highest BCUT2D eigenvalue weighted by Gasteiger charge is 2.63. The Kier molecular flexibility index (Phi) is 5.62. The minimum atomic E-state index is -0.931. The van der Waals surface area contributed by atoms with Crippen molar-refractivity contribution in [3.8, 4) is 0 Å². The first-order valence-corrected chi connectivity index (χ1v) is 11.1. The topological polar surface area (TPSA) is 26.3 Å². The van der Waals surface area contributed by atoms with E-state index < -0.39 is 11.0 Å². The fraction of sp³-hybridized carbons (Fsp3) is 0.269. The van der Waals surface area contributed by atoms with Gasteiger partial charge >= 0.3 is 0 Å². The van der Waals surface area contributed by atoms with Crippen LogP contribution in [-0.4, -0.2) is 11.2 Å². The first-order chi connectivity index (χ1) is 14.2. The second-order valence-electron chi connectivity index (χ2n) is 7.45. The molecule has 0 N–H and O–H groups in total. The summed E-state index contributed by atoms with van der Waals surface area (Å²) < 4.78 is 6.78. The molecule has 3 aromatic carbocycles. The molecule has 0 radical (unpaired) electrons. The summed E-state index contributed by atoms with van der Waals surface area (Å²) in [6.45, 7) is 4.15. The third-order valence-corrected chi connectivity index (χ3v) is 7.31. The van der Waals surface area contributed by atoms with Crippen molar-refractivity contribution in [2.24, 2.45) is 0 Å². The van der Waals surface area contributed by atoms with Crippen LogP contribution in [0.4, 0.5) is 0 Å². The van der Waals surface area contributed by atoms with Crippen LogP contribution in [0.5, 0.6) is 0 Å². The third kappa shape index (κ3) is 3.23. The van der Waals surface area contributed by atoms with E-state index in [9.17, 15) is 4.79 Å². The van der Waals surface area contributed by atoms with E-state index in [1.54, 1.807) is 11.8 Å². The molecule has 1 heterocycles. The second kappa shape index (κ2) is 8.17. The van der Waals surface area contributed by atoms with E-state index in [-0.39, 0.29) is 11.2 Å². The van der Waals surface area contributed by atoms with Gasteiger partial charge in [-0.05, 0) is 36.1 Å².